The van der Waals surface area contributed by atoms with Gasteiger partial charge in [0.2, 0.25) is 0 Å². The van der Waals surface area contributed by atoms with Crippen LogP contribution < -0.4 is 0 Å². The number of hydrogen-bond acceptors (Lipinski definition) is 4. The Labute approximate surface area is 99.1 Å². The van der Waals surface area contributed by atoms with Gasteiger partial charge in [0.15, 0.2) is 0 Å². The highest BCUT2D eigenvalue weighted by molar-refractivity contribution is 7.46. The molecule has 3 unspecified atom stereocenters. The highest BCUT2D eigenvalue weighted by atomic mass is 35.5. The van der Waals surface area contributed by atoms with Gasteiger partial charge in [0.05, 0.1) is 5.60 Å². The van der Waals surface area contributed by atoms with Gasteiger partial charge in [-0.25, -0.2) is 4.31 Å². The lowest BCUT2D eigenvalue weighted by Gasteiger charge is -2.19. The minimum atomic E-state index is -3.20. The van der Waals surface area contributed by atoms with E-state index in [2.05, 4.69) is 4.31 Å². The van der Waals surface area contributed by atoms with Gasteiger partial charge in [0.1, 0.15) is 0 Å². The normalized spacial score (nSPS) is 27.4. The fourth-order valence-electron chi connectivity index (χ4n) is 0.774. The molecule has 0 heterocycles. The molecule has 6 nitrogen and oxygen atoms in total. The Morgan fingerprint density at radius 1 is 1.44 bits per heavy atom. The molecule has 16 heavy (non-hydrogen) atoms. The van der Waals surface area contributed by atoms with Crippen molar-refractivity contribution in [2.24, 2.45) is 0 Å². The van der Waals surface area contributed by atoms with E-state index in [0.717, 1.165) is 0 Å². The molecule has 94 valence electrons. The summed E-state index contributed by atoms with van der Waals surface area (Å²) in [6.45, 7) is 1.75. The van der Waals surface area contributed by atoms with E-state index in [4.69, 9.17) is 21.4 Å². The van der Waals surface area contributed by atoms with Crippen LogP contribution in [0, 0.1) is 0 Å². The largest absolute Gasteiger partial charge is 0.386 e. The quantitative estimate of drug-likeness (QED) is 0.667. The molecular formula is C7H13ClO6P2. The highest BCUT2D eigenvalue weighted by Crippen LogP contribution is 2.30. The lowest BCUT2D eigenvalue weighted by molar-refractivity contribution is 0.114. The third kappa shape index (κ3) is 9.31. The van der Waals surface area contributed by atoms with Gasteiger partial charge in [-0.15, -0.1) is 0 Å². The molecule has 0 bridgehead atoms. The van der Waals surface area contributed by atoms with Gasteiger partial charge in [-0.3, -0.25) is 9.13 Å². The Bertz CT molecular complexity index is 326. The Morgan fingerprint density at radius 3 is 2.12 bits per heavy atom. The maximum absolute atomic E-state index is 9.44. The second-order valence-corrected chi connectivity index (χ2v) is 5.43. The molecule has 0 aromatic rings. The first kappa shape index (κ1) is 16.1. The summed E-state index contributed by atoms with van der Waals surface area (Å²) in [6.07, 6.45) is 5.84. The van der Waals surface area contributed by atoms with Crippen LogP contribution in [0.1, 0.15) is 13.3 Å². The average molecular weight is 291 g/mol. The summed E-state index contributed by atoms with van der Waals surface area (Å²) in [7, 11) is -6.40. The average Bonchev–Trinajstić information content (AvgIpc) is 2.09. The zero-order chi connectivity index (χ0) is 12.8. The van der Waals surface area contributed by atoms with Gasteiger partial charge < -0.3 is 14.9 Å². The van der Waals surface area contributed by atoms with Crippen molar-refractivity contribution < 1.29 is 28.3 Å². The topological polar surface area (TPSA) is 104 Å². The number of hydrogen-bond donors (Lipinski definition) is 3. The van der Waals surface area contributed by atoms with Crippen LogP contribution in [0.25, 0.3) is 0 Å². The van der Waals surface area contributed by atoms with Crippen LogP contribution in [-0.4, -0.2) is 20.5 Å². The molecular weight excluding hydrogens is 277 g/mol. The number of halogens is 1. The van der Waals surface area contributed by atoms with Gasteiger partial charge in [0.25, 0.3) is 0 Å². The van der Waals surface area contributed by atoms with Crippen molar-refractivity contribution in [3.8, 4) is 0 Å². The molecule has 0 aromatic carbocycles. The van der Waals surface area contributed by atoms with Crippen molar-refractivity contribution in [1.82, 2.24) is 0 Å². The van der Waals surface area contributed by atoms with Crippen LogP contribution in [0.4, 0.5) is 0 Å². The first-order valence-electron chi connectivity index (χ1n) is 4.14. The maximum Gasteiger partial charge on any atom is 0.323 e. The van der Waals surface area contributed by atoms with Crippen molar-refractivity contribution in [1.29, 1.82) is 0 Å². The molecule has 9 heteroatoms. The van der Waals surface area contributed by atoms with Crippen molar-refractivity contribution in [2.45, 2.75) is 18.9 Å². The predicted octanol–water partition coefficient (Wildman–Crippen LogP) is 1.59. The molecule has 3 atom stereocenters. The minimum absolute atomic E-state index is 0.613. The van der Waals surface area contributed by atoms with E-state index in [9.17, 15) is 14.2 Å². The molecule has 1 aliphatic rings. The van der Waals surface area contributed by atoms with Crippen LogP contribution in [0.3, 0.4) is 0 Å². The SMILES string of the molecule is CC1(O)C=CC(Cl)=CC1.O=[PH](O)O[PH](=O)O. The number of allylic oxidation sites excluding steroid dienone is 2. The van der Waals surface area contributed by atoms with Gasteiger partial charge in [0, 0.05) is 5.03 Å². The van der Waals surface area contributed by atoms with E-state index < -0.39 is 22.1 Å². The summed E-state index contributed by atoms with van der Waals surface area (Å²) in [5.41, 5.74) is -0.682. The van der Waals surface area contributed by atoms with Gasteiger partial charge in [-0.05, 0) is 19.4 Å². The molecule has 3 N–H and O–H groups in total. The molecule has 0 saturated heterocycles. The summed E-state index contributed by atoms with van der Waals surface area (Å²) < 4.78 is 22.3. The molecule has 0 amide bonds. The number of aliphatic hydroxyl groups is 1. The van der Waals surface area contributed by atoms with Gasteiger partial charge >= 0.3 is 16.5 Å². The highest BCUT2D eigenvalue weighted by Gasteiger charge is 2.16. The Morgan fingerprint density at radius 2 is 1.94 bits per heavy atom. The third-order valence-corrected chi connectivity index (χ3v) is 3.16. The van der Waals surface area contributed by atoms with Crippen LogP contribution >= 0.6 is 28.1 Å². The zero-order valence-electron chi connectivity index (χ0n) is 8.38. The monoisotopic (exact) mass is 290 g/mol. The van der Waals surface area contributed by atoms with Crippen LogP contribution in [-0.2, 0) is 13.4 Å². The smallest absolute Gasteiger partial charge is 0.323 e. The maximum atomic E-state index is 9.44. The van der Waals surface area contributed by atoms with Gasteiger partial charge in [-0.1, -0.05) is 23.8 Å². The summed E-state index contributed by atoms with van der Waals surface area (Å²) in [5, 5.41) is 10.0. The standard InChI is InChI=1S/C7H9ClO.H4O5P2/c1-7(9)4-2-6(8)3-5-7;1-6(2)5-7(3)4/h2-4,9H,5H2,1H3;6-7H,(H,1,2)(H,3,4). The molecule has 1 rings (SSSR count). The first-order chi connectivity index (χ1) is 7.23. The molecule has 1 aliphatic carbocycles. The van der Waals surface area contributed by atoms with Gasteiger partial charge in [-0.2, -0.15) is 0 Å². The van der Waals surface area contributed by atoms with Crippen LogP contribution in [0.15, 0.2) is 23.3 Å². The van der Waals surface area contributed by atoms with E-state index in [1.807, 2.05) is 6.08 Å². The van der Waals surface area contributed by atoms with E-state index in [1.165, 1.54) is 0 Å². The predicted molar refractivity (Wildman–Crippen MR) is 61.8 cm³/mol. The van der Waals surface area contributed by atoms with Crippen LogP contribution in [0.5, 0.6) is 0 Å². The van der Waals surface area contributed by atoms with Crippen molar-refractivity contribution in [3.63, 3.8) is 0 Å². The van der Waals surface area contributed by atoms with Crippen LogP contribution in [0.2, 0.25) is 0 Å². The van der Waals surface area contributed by atoms with E-state index >= 15 is 0 Å². The lowest BCUT2D eigenvalue weighted by Crippen LogP contribution is -2.20. The lowest BCUT2D eigenvalue weighted by atomic mass is 9.98. The van der Waals surface area contributed by atoms with E-state index in [1.54, 1.807) is 19.1 Å². The first-order valence-corrected chi connectivity index (χ1v) is 7.04. The van der Waals surface area contributed by atoms with E-state index in [-0.39, 0.29) is 0 Å². The van der Waals surface area contributed by atoms with Crippen molar-refractivity contribution in [3.05, 3.63) is 23.3 Å². The Hall–Kier alpha value is 0.0700. The Kier molecular flexibility index (Phi) is 7.44. The molecule has 0 saturated carbocycles. The summed E-state index contributed by atoms with van der Waals surface area (Å²) in [6, 6.07) is 0. The Balaban J connectivity index is 0.000000293. The number of rotatable bonds is 2. The third-order valence-electron chi connectivity index (χ3n) is 1.49. The fourth-order valence-corrected chi connectivity index (χ4v) is 1.51. The summed E-state index contributed by atoms with van der Waals surface area (Å²) in [5.74, 6) is 0. The fraction of sp³-hybridized carbons (Fsp3) is 0.429. The summed E-state index contributed by atoms with van der Waals surface area (Å²) in [4.78, 5) is 15.4. The van der Waals surface area contributed by atoms with Crippen molar-refractivity contribution in [2.75, 3.05) is 0 Å². The second-order valence-electron chi connectivity index (χ2n) is 3.12. The van der Waals surface area contributed by atoms with Crippen molar-refractivity contribution >= 4 is 28.1 Å². The zero-order valence-corrected chi connectivity index (χ0v) is 11.1. The second kappa shape index (κ2) is 7.41. The molecule has 0 spiro atoms. The molecule has 0 radical (unpaired) electrons. The summed E-state index contributed by atoms with van der Waals surface area (Å²) >= 11 is 5.61. The molecule has 0 aromatic heterocycles. The minimum Gasteiger partial charge on any atom is -0.386 e. The van der Waals surface area contributed by atoms with E-state index in [0.29, 0.717) is 11.5 Å². The molecule has 0 fully saturated rings. The molecule has 0 aliphatic heterocycles.